The standard InChI is InChI=1S/C21H30N4O4S/c1-6-30(27,28)23-18-14-16(12-13-20(18)29-5)19(22-2)15-24(3)21(26)25(4)17-10-8-7-9-11-17/h6,12-15,17,23H,1-2,7-11H2,3-5H3. The Labute approximate surface area is 179 Å². The van der Waals surface area contributed by atoms with Crippen molar-refractivity contribution >= 4 is 34.2 Å². The Morgan fingerprint density at radius 2 is 1.93 bits per heavy atom. The van der Waals surface area contributed by atoms with Gasteiger partial charge >= 0.3 is 6.03 Å². The lowest BCUT2D eigenvalue weighted by atomic mass is 9.95. The average Bonchev–Trinajstić information content (AvgIpc) is 2.76. The molecular weight excluding hydrogens is 404 g/mol. The zero-order chi connectivity index (χ0) is 22.3. The minimum atomic E-state index is -3.72. The van der Waals surface area contributed by atoms with Crippen molar-refractivity contribution in [2.24, 2.45) is 4.99 Å². The third-order valence-corrected chi connectivity index (χ3v) is 6.12. The molecule has 2 rings (SSSR count). The molecule has 1 saturated carbocycles. The Kier molecular flexibility index (Phi) is 8.05. The van der Waals surface area contributed by atoms with E-state index in [-0.39, 0.29) is 17.8 Å². The van der Waals surface area contributed by atoms with Crippen LogP contribution in [0.4, 0.5) is 10.5 Å². The van der Waals surface area contributed by atoms with Gasteiger partial charge in [0.05, 0.1) is 18.5 Å². The number of nitrogens with one attached hydrogen (secondary N) is 1. The van der Waals surface area contributed by atoms with Crippen molar-refractivity contribution in [1.82, 2.24) is 9.80 Å². The number of anilines is 1. The molecule has 1 aromatic carbocycles. The molecule has 1 aromatic rings. The van der Waals surface area contributed by atoms with Crippen molar-refractivity contribution in [3.05, 3.63) is 41.9 Å². The van der Waals surface area contributed by atoms with Crippen molar-refractivity contribution < 1.29 is 17.9 Å². The normalized spacial score (nSPS) is 15.2. The molecule has 9 heteroatoms. The summed E-state index contributed by atoms with van der Waals surface area (Å²) < 4.78 is 31.4. The van der Waals surface area contributed by atoms with Gasteiger partial charge in [0.25, 0.3) is 10.0 Å². The SMILES string of the molecule is C=CS(=O)(=O)Nc1cc(C(=CN(C)C(=O)N(C)C2CCCCC2)N=C)ccc1OC. The number of urea groups is 1. The quantitative estimate of drug-likeness (QED) is 0.628. The predicted octanol–water partition coefficient (Wildman–Crippen LogP) is 3.90. The van der Waals surface area contributed by atoms with Gasteiger partial charge in [0.2, 0.25) is 0 Å². The van der Waals surface area contributed by atoms with E-state index in [9.17, 15) is 13.2 Å². The molecule has 0 unspecified atom stereocenters. The van der Waals surface area contributed by atoms with Crippen molar-refractivity contribution in [1.29, 1.82) is 0 Å². The van der Waals surface area contributed by atoms with Crippen LogP contribution in [0, 0.1) is 0 Å². The smallest absolute Gasteiger partial charge is 0.323 e. The molecule has 164 valence electrons. The van der Waals surface area contributed by atoms with E-state index >= 15 is 0 Å². The summed E-state index contributed by atoms with van der Waals surface area (Å²) >= 11 is 0. The minimum Gasteiger partial charge on any atom is -0.495 e. The second-order valence-corrected chi connectivity index (χ2v) is 8.82. The van der Waals surface area contributed by atoms with Gasteiger partial charge in [0, 0.05) is 37.3 Å². The van der Waals surface area contributed by atoms with E-state index in [0.717, 1.165) is 31.1 Å². The first-order chi connectivity index (χ1) is 14.2. The molecule has 0 bridgehead atoms. The molecule has 2 amide bonds. The number of aliphatic imine (C=N–C) groups is 1. The highest BCUT2D eigenvalue weighted by atomic mass is 32.2. The fourth-order valence-corrected chi connectivity index (χ4v) is 4.01. The fourth-order valence-electron chi connectivity index (χ4n) is 3.46. The number of hydrogen-bond acceptors (Lipinski definition) is 5. The van der Waals surface area contributed by atoms with Gasteiger partial charge in [-0.05, 0) is 37.8 Å². The van der Waals surface area contributed by atoms with Crippen molar-refractivity contribution in [2.45, 2.75) is 38.1 Å². The van der Waals surface area contributed by atoms with Crippen LogP contribution in [0.3, 0.4) is 0 Å². The van der Waals surface area contributed by atoms with E-state index in [1.54, 1.807) is 36.3 Å². The van der Waals surface area contributed by atoms with Gasteiger partial charge in [-0.1, -0.05) is 25.8 Å². The third kappa shape index (κ3) is 5.85. The highest BCUT2D eigenvalue weighted by Crippen LogP contribution is 2.30. The van der Waals surface area contributed by atoms with Gasteiger partial charge < -0.3 is 14.5 Å². The summed E-state index contributed by atoms with van der Waals surface area (Å²) in [6.45, 7) is 6.88. The van der Waals surface area contributed by atoms with Crippen LogP contribution in [0.5, 0.6) is 5.75 Å². The highest BCUT2D eigenvalue weighted by molar-refractivity contribution is 7.95. The van der Waals surface area contributed by atoms with Crippen molar-refractivity contribution in [2.75, 3.05) is 25.9 Å². The van der Waals surface area contributed by atoms with Crippen LogP contribution in [-0.4, -0.2) is 58.2 Å². The second-order valence-electron chi connectivity index (χ2n) is 7.20. The maximum atomic E-state index is 12.8. The molecule has 0 radical (unpaired) electrons. The number of carbonyl (C=O) groups excluding carboxylic acids is 1. The number of sulfonamides is 1. The number of benzene rings is 1. The van der Waals surface area contributed by atoms with Crippen LogP contribution in [0.25, 0.3) is 5.70 Å². The molecular formula is C21H30N4O4S. The second kappa shape index (κ2) is 10.3. The van der Waals surface area contributed by atoms with Crippen LogP contribution in [0.2, 0.25) is 0 Å². The number of carbonyl (C=O) groups is 1. The summed E-state index contributed by atoms with van der Waals surface area (Å²) in [6, 6.07) is 5.01. The number of nitrogens with zero attached hydrogens (tertiary/aromatic N) is 3. The minimum absolute atomic E-state index is 0.135. The van der Waals surface area contributed by atoms with Crippen molar-refractivity contribution in [3.8, 4) is 5.75 Å². The first kappa shape index (κ1) is 23.5. The molecule has 0 heterocycles. The number of hydrogen-bond donors (Lipinski definition) is 1. The molecule has 1 aliphatic carbocycles. The van der Waals surface area contributed by atoms with Gasteiger partial charge in [-0.2, -0.15) is 0 Å². The molecule has 0 saturated heterocycles. The maximum Gasteiger partial charge on any atom is 0.323 e. The third-order valence-electron chi connectivity index (χ3n) is 5.18. The van der Waals surface area contributed by atoms with E-state index in [2.05, 4.69) is 23.0 Å². The monoisotopic (exact) mass is 434 g/mol. The van der Waals surface area contributed by atoms with Crippen LogP contribution < -0.4 is 9.46 Å². The molecule has 0 aromatic heterocycles. The fraction of sp³-hybridized carbons (Fsp3) is 0.429. The Morgan fingerprint density at radius 3 is 2.50 bits per heavy atom. The van der Waals surface area contributed by atoms with Gasteiger partial charge in [-0.25, -0.2) is 13.2 Å². The first-order valence-electron chi connectivity index (χ1n) is 9.74. The lowest BCUT2D eigenvalue weighted by Gasteiger charge is -2.33. The summed E-state index contributed by atoms with van der Waals surface area (Å²) in [5.41, 5.74) is 1.23. The van der Waals surface area contributed by atoms with E-state index in [4.69, 9.17) is 4.74 Å². The van der Waals surface area contributed by atoms with E-state index < -0.39 is 10.0 Å². The topological polar surface area (TPSA) is 91.3 Å². The zero-order valence-corrected chi connectivity index (χ0v) is 18.6. The number of ether oxygens (including phenoxy) is 1. The van der Waals surface area contributed by atoms with Gasteiger partial charge in [-0.3, -0.25) is 9.71 Å². The summed E-state index contributed by atoms with van der Waals surface area (Å²) in [6.07, 6.45) is 7.10. The first-order valence-corrected chi connectivity index (χ1v) is 11.3. The van der Waals surface area contributed by atoms with Gasteiger partial charge in [-0.15, -0.1) is 0 Å². The summed E-state index contributed by atoms with van der Waals surface area (Å²) in [5.74, 6) is 0.342. The molecule has 1 fully saturated rings. The lowest BCUT2D eigenvalue weighted by molar-refractivity contribution is 0.154. The van der Waals surface area contributed by atoms with Gasteiger partial charge in [0.15, 0.2) is 0 Å². The average molecular weight is 435 g/mol. The van der Waals surface area contributed by atoms with E-state index in [1.807, 2.05) is 7.05 Å². The summed E-state index contributed by atoms with van der Waals surface area (Å²) in [7, 11) is 1.21. The summed E-state index contributed by atoms with van der Waals surface area (Å²) in [5, 5.41) is 0.815. The molecule has 0 aliphatic heterocycles. The molecule has 1 N–H and O–H groups in total. The molecule has 0 spiro atoms. The molecule has 0 atom stereocenters. The Morgan fingerprint density at radius 1 is 1.27 bits per heavy atom. The summed E-state index contributed by atoms with van der Waals surface area (Å²) in [4.78, 5) is 20.1. The number of rotatable bonds is 8. The zero-order valence-electron chi connectivity index (χ0n) is 17.8. The Hall–Kier alpha value is -2.81. The number of methoxy groups -OCH3 is 1. The van der Waals surface area contributed by atoms with Crippen LogP contribution in [0.1, 0.15) is 37.7 Å². The van der Waals surface area contributed by atoms with E-state index in [1.165, 1.54) is 18.4 Å². The van der Waals surface area contributed by atoms with Crippen LogP contribution in [-0.2, 0) is 10.0 Å². The highest BCUT2D eigenvalue weighted by Gasteiger charge is 2.24. The van der Waals surface area contributed by atoms with Crippen molar-refractivity contribution in [3.63, 3.8) is 0 Å². The maximum absolute atomic E-state index is 12.8. The lowest BCUT2D eigenvalue weighted by Crippen LogP contribution is -2.43. The van der Waals surface area contributed by atoms with E-state index in [0.29, 0.717) is 17.0 Å². The van der Waals surface area contributed by atoms with Crippen LogP contribution in [0.15, 0.2) is 41.4 Å². The Bertz CT molecular complexity index is 921. The molecule has 1 aliphatic rings. The molecule has 30 heavy (non-hydrogen) atoms. The van der Waals surface area contributed by atoms with Crippen LogP contribution >= 0.6 is 0 Å². The number of amides is 2. The Balaban J connectivity index is 2.28. The molecule has 8 nitrogen and oxygen atoms in total. The predicted molar refractivity (Wildman–Crippen MR) is 121 cm³/mol. The largest absolute Gasteiger partial charge is 0.495 e. The van der Waals surface area contributed by atoms with Gasteiger partial charge in [0.1, 0.15) is 5.75 Å².